The van der Waals surface area contributed by atoms with E-state index in [1.54, 1.807) is 18.2 Å². The summed E-state index contributed by atoms with van der Waals surface area (Å²) in [6.07, 6.45) is 1.56. The highest BCUT2D eigenvalue weighted by molar-refractivity contribution is 6.00. The molecule has 1 aromatic carbocycles. The molecule has 1 aliphatic carbocycles. The van der Waals surface area contributed by atoms with Crippen molar-refractivity contribution < 1.29 is 28.1 Å². The van der Waals surface area contributed by atoms with Crippen LogP contribution in [0.5, 0.6) is 5.75 Å². The monoisotopic (exact) mass is 442 g/mol. The Hall–Kier alpha value is -4.06. The Kier molecular flexibility index (Phi) is 4.94. The number of carbonyl (C=O) groups is 2. The highest BCUT2D eigenvalue weighted by Gasteiger charge is 2.30. The van der Waals surface area contributed by atoms with Crippen molar-refractivity contribution in [2.45, 2.75) is 19.4 Å². The molecule has 2 aromatic heterocycles. The summed E-state index contributed by atoms with van der Waals surface area (Å²) in [5.74, 6) is -0.806. The van der Waals surface area contributed by atoms with Crippen LogP contribution in [0.4, 0.5) is 17.2 Å². The lowest BCUT2D eigenvalue weighted by Crippen LogP contribution is -2.22. The van der Waals surface area contributed by atoms with Gasteiger partial charge in [0, 0.05) is 23.1 Å². The molecule has 1 saturated carbocycles. The summed E-state index contributed by atoms with van der Waals surface area (Å²) < 4.78 is 32.4. The lowest BCUT2D eigenvalue weighted by Gasteiger charge is -2.16. The van der Waals surface area contributed by atoms with Gasteiger partial charge in [-0.1, -0.05) is 11.2 Å². The van der Waals surface area contributed by atoms with Crippen LogP contribution >= 0.6 is 0 Å². The second-order valence-corrected chi connectivity index (χ2v) is 6.89. The van der Waals surface area contributed by atoms with Crippen LogP contribution < -0.4 is 20.7 Å². The Bertz CT molecular complexity index is 1260. The van der Waals surface area contributed by atoms with Gasteiger partial charge in [-0.25, -0.2) is 0 Å². The maximum absolute atomic E-state index is 12.6. The first-order valence-corrected chi connectivity index (χ1v) is 9.57. The van der Waals surface area contributed by atoms with Crippen molar-refractivity contribution in [2.75, 3.05) is 24.7 Å². The van der Waals surface area contributed by atoms with Gasteiger partial charge in [0.2, 0.25) is 11.7 Å². The molecule has 12 heteroatoms. The maximum Gasteiger partial charge on any atom is 0.273 e. The minimum absolute atomic E-state index is 0.0124. The van der Waals surface area contributed by atoms with Gasteiger partial charge < -0.3 is 30.3 Å². The molecule has 166 valence electrons. The van der Waals surface area contributed by atoms with E-state index in [9.17, 15) is 14.7 Å². The first-order valence-electron chi connectivity index (χ1n) is 11.1. The van der Waals surface area contributed by atoms with E-state index < -0.39 is 19.5 Å². The van der Waals surface area contributed by atoms with Crippen LogP contribution in [0.15, 0.2) is 28.8 Å². The molecule has 0 spiro atoms. The molecular formula is C20H21N7O5. The summed E-state index contributed by atoms with van der Waals surface area (Å²) in [5.41, 5.74) is 0.502. The molecule has 0 bridgehead atoms. The number of carbonyl (C=O) groups excluding carboxylic acids is 2. The van der Waals surface area contributed by atoms with E-state index in [4.69, 9.17) is 13.4 Å². The number of methoxy groups -OCH3 is 1. The van der Waals surface area contributed by atoms with Crippen molar-refractivity contribution in [3.8, 4) is 17.1 Å². The number of nitrogens with zero attached hydrogens (tertiary/aromatic N) is 4. The molecule has 4 rings (SSSR count). The number of ether oxygens (including phenoxy) is 1. The van der Waals surface area contributed by atoms with E-state index in [1.807, 2.05) is 5.32 Å². The highest BCUT2D eigenvalue weighted by Crippen LogP contribution is 2.37. The number of para-hydroxylation sites is 1. The number of amides is 2. The Morgan fingerprint density at radius 3 is 2.84 bits per heavy atom. The average molecular weight is 442 g/mol. The molecule has 0 radical (unpaired) electrons. The third-order valence-electron chi connectivity index (χ3n) is 4.65. The first kappa shape index (κ1) is 17.6. The number of benzene rings is 1. The molecule has 1 fully saturated rings. The summed E-state index contributed by atoms with van der Waals surface area (Å²) in [7, 11) is 1.41. The summed E-state index contributed by atoms with van der Waals surface area (Å²) in [6.45, 7) is -3.19. The lowest BCUT2D eigenvalue weighted by molar-refractivity contribution is -0.117. The molecule has 1 aliphatic rings. The fourth-order valence-electron chi connectivity index (χ4n) is 2.95. The van der Waals surface area contributed by atoms with Gasteiger partial charge in [0.1, 0.15) is 6.61 Å². The quantitative estimate of drug-likeness (QED) is 0.401. The molecule has 2 amide bonds. The number of rotatable bonds is 8. The topological polar surface area (TPSA) is 164 Å². The molecule has 0 saturated heterocycles. The molecule has 32 heavy (non-hydrogen) atoms. The number of nitrogens with one attached hydrogen (secondary N) is 3. The number of hydrogen-bond acceptors (Lipinski definition) is 10. The third kappa shape index (κ3) is 4.34. The van der Waals surface area contributed by atoms with Crippen LogP contribution in [0.3, 0.4) is 0 Å². The van der Waals surface area contributed by atoms with Crippen molar-refractivity contribution in [3.63, 3.8) is 0 Å². The van der Waals surface area contributed by atoms with Crippen molar-refractivity contribution in [1.29, 1.82) is 0 Å². The Labute approximate surface area is 186 Å². The van der Waals surface area contributed by atoms with Crippen molar-refractivity contribution >= 4 is 29.0 Å². The SMILES string of the molecule is [2H]C([2H])([2H])NC(=O)c1nnc(NC(=O)C2CC2)cc1Nc1cccc(-c2noc(CO)n2)c1OC. The average Bonchev–Trinajstić information content (AvgIpc) is 3.55. The van der Waals surface area contributed by atoms with E-state index in [0.29, 0.717) is 11.3 Å². The summed E-state index contributed by atoms with van der Waals surface area (Å²) in [5, 5.41) is 28.2. The number of aliphatic hydroxyl groups is 1. The molecule has 12 nitrogen and oxygen atoms in total. The molecular weight excluding hydrogens is 418 g/mol. The lowest BCUT2D eigenvalue weighted by atomic mass is 10.1. The summed E-state index contributed by atoms with van der Waals surface area (Å²) >= 11 is 0. The fraction of sp³-hybridized carbons (Fsp3) is 0.300. The van der Waals surface area contributed by atoms with E-state index in [1.165, 1.54) is 13.2 Å². The van der Waals surface area contributed by atoms with Crippen LogP contribution in [0, 0.1) is 5.92 Å². The van der Waals surface area contributed by atoms with Crippen molar-refractivity contribution in [1.82, 2.24) is 25.7 Å². The smallest absolute Gasteiger partial charge is 0.273 e. The van der Waals surface area contributed by atoms with E-state index in [0.717, 1.165) is 12.8 Å². The summed E-state index contributed by atoms with van der Waals surface area (Å²) in [4.78, 5) is 28.9. The predicted molar refractivity (Wildman–Crippen MR) is 112 cm³/mol. The summed E-state index contributed by atoms with van der Waals surface area (Å²) in [6, 6.07) is 6.31. The van der Waals surface area contributed by atoms with Gasteiger partial charge in [-0.2, -0.15) is 4.98 Å². The second-order valence-electron chi connectivity index (χ2n) is 6.89. The zero-order valence-corrected chi connectivity index (χ0v) is 16.9. The highest BCUT2D eigenvalue weighted by atomic mass is 16.5. The molecule has 4 N–H and O–H groups in total. The van der Waals surface area contributed by atoms with E-state index >= 15 is 0 Å². The minimum Gasteiger partial charge on any atom is -0.494 e. The molecule has 3 aromatic rings. The molecule has 0 unspecified atom stereocenters. The van der Waals surface area contributed by atoms with Gasteiger partial charge in [-0.05, 0) is 25.0 Å². The van der Waals surface area contributed by atoms with Crippen LogP contribution in [0.1, 0.15) is 33.3 Å². The van der Waals surface area contributed by atoms with Crippen LogP contribution in [-0.2, 0) is 11.4 Å². The minimum atomic E-state index is -2.75. The van der Waals surface area contributed by atoms with Gasteiger partial charge in [0.25, 0.3) is 11.8 Å². The molecule has 0 aliphatic heterocycles. The van der Waals surface area contributed by atoms with Gasteiger partial charge in [-0.3, -0.25) is 9.59 Å². The first-order chi connectivity index (χ1) is 16.7. The van der Waals surface area contributed by atoms with Crippen molar-refractivity contribution in [3.05, 3.63) is 35.9 Å². The third-order valence-corrected chi connectivity index (χ3v) is 4.65. The zero-order valence-electron chi connectivity index (χ0n) is 19.9. The van der Waals surface area contributed by atoms with Gasteiger partial charge in [0.05, 0.1) is 24.0 Å². The van der Waals surface area contributed by atoms with Gasteiger partial charge in [0.15, 0.2) is 17.3 Å². The Balaban J connectivity index is 1.72. The maximum atomic E-state index is 12.6. The van der Waals surface area contributed by atoms with E-state index in [2.05, 4.69) is 31.0 Å². The largest absolute Gasteiger partial charge is 0.494 e. The van der Waals surface area contributed by atoms with Crippen molar-refractivity contribution in [2.24, 2.45) is 5.92 Å². The second kappa shape index (κ2) is 8.98. The Morgan fingerprint density at radius 1 is 1.31 bits per heavy atom. The molecule has 0 atom stereocenters. The van der Waals surface area contributed by atoms with E-state index in [-0.39, 0.29) is 46.5 Å². The van der Waals surface area contributed by atoms with Crippen LogP contribution in [0.25, 0.3) is 11.4 Å². The van der Waals surface area contributed by atoms with Gasteiger partial charge in [-0.15, -0.1) is 10.2 Å². The standard InChI is InChI=1S/C20H21N7O5/c1-21-20(30)16-13(8-14(25-26-16)23-19(29)10-6-7-10)22-12-5-3-4-11(17(12)31-2)18-24-15(9-28)32-27-18/h3-5,8,10,28H,6-7,9H2,1-2H3,(H,21,30)(H2,22,23,25,29)/i1D3. The van der Waals surface area contributed by atoms with Crippen LogP contribution in [0.2, 0.25) is 0 Å². The number of aliphatic hydroxyl groups excluding tert-OH is 1. The number of hydrogen-bond donors (Lipinski definition) is 4. The zero-order chi connectivity index (χ0) is 25.2. The fourth-order valence-corrected chi connectivity index (χ4v) is 2.95. The molecule has 2 heterocycles. The normalized spacial score (nSPS) is 14.6. The predicted octanol–water partition coefficient (Wildman–Crippen LogP) is 1.48. The number of aromatic nitrogens is 4. The van der Waals surface area contributed by atoms with Gasteiger partial charge >= 0.3 is 0 Å². The Morgan fingerprint density at radius 2 is 2.16 bits per heavy atom. The number of anilines is 3. The van der Waals surface area contributed by atoms with Crippen LogP contribution in [-0.4, -0.2) is 51.3 Å².